The molecular weight excluding hydrogens is 272 g/mol. The van der Waals surface area contributed by atoms with Crippen LogP contribution >= 0.6 is 0 Å². The third kappa shape index (κ3) is 2.73. The van der Waals surface area contributed by atoms with E-state index in [1.165, 1.54) is 6.07 Å². The monoisotopic (exact) mass is 289 g/mol. The van der Waals surface area contributed by atoms with Crippen molar-refractivity contribution >= 4 is 5.82 Å². The number of rotatable bonds is 4. The minimum absolute atomic E-state index is 0.452. The zero-order valence-electron chi connectivity index (χ0n) is 11.9. The molecule has 3 rings (SSSR count). The predicted molar refractivity (Wildman–Crippen MR) is 78.2 cm³/mol. The number of aryl methyl sites for hydroxylation is 1. The van der Waals surface area contributed by atoms with E-state index in [9.17, 15) is 8.78 Å². The average molecular weight is 289 g/mol. The number of benzene rings is 1. The molecule has 0 saturated heterocycles. The van der Waals surface area contributed by atoms with Crippen LogP contribution in [-0.2, 0) is 12.8 Å². The van der Waals surface area contributed by atoms with Crippen LogP contribution in [0, 0.1) is 11.6 Å². The van der Waals surface area contributed by atoms with Crippen molar-refractivity contribution in [3.05, 3.63) is 41.1 Å². The van der Waals surface area contributed by atoms with Crippen molar-refractivity contribution in [3.8, 4) is 11.4 Å². The van der Waals surface area contributed by atoms with E-state index in [0.29, 0.717) is 11.4 Å². The van der Waals surface area contributed by atoms with Crippen molar-refractivity contribution in [2.75, 3.05) is 11.9 Å². The highest BCUT2D eigenvalue weighted by Gasteiger charge is 2.20. The Morgan fingerprint density at radius 3 is 2.76 bits per heavy atom. The Kier molecular flexibility index (Phi) is 3.82. The predicted octanol–water partition coefficient (Wildman–Crippen LogP) is 3.73. The molecule has 1 aliphatic rings. The Morgan fingerprint density at radius 1 is 1.14 bits per heavy atom. The maximum absolute atomic E-state index is 13.4. The molecule has 21 heavy (non-hydrogen) atoms. The first-order valence-electron chi connectivity index (χ1n) is 7.28. The first-order chi connectivity index (χ1) is 10.2. The molecule has 1 aliphatic carbocycles. The summed E-state index contributed by atoms with van der Waals surface area (Å²) in [6.07, 6.45) is 3.94. The van der Waals surface area contributed by atoms with E-state index in [2.05, 4.69) is 22.2 Å². The van der Waals surface area contributed by atoms with Gasteiger partial charge in [-0.25, -0.2) is 18.7 Å². The number of hydrogen-bond donors (Lipinski definition) is 1. The van der Waals surface area contributed by atoms with Gasteiger partial charge in [0.15, 0.2) is 17.5 Å². The molecule has 0 amide bonds. The zero-order valence-corrected chi connectivity index (χ0v) is 11.9. The number of fused-ring (bicyclic) bond motifs is 1. The fourth-order valence-corrected chi connectivity index (χ4v) is 2.59. The van der Waals surface area contributed by atoms with E-state index in [0.717, 1.165) is 61.4 Å². The minimum atomic E-state index is -0.875. The van der Waals surface area contributed by atoms with E-state index >= 15 is 0 Å². The summed E-state index contributed by atoms with van der Waals surface area (Å²) in [4.78, 5) is 9.03. The van der Waals surface area contributed by atoms with Gasteiger partial charge in [-0.05, 0) is 43.9 Å². The molecule has 1 heterocycles. The number of halogens is 2. The third-order valence-electron chi connectivity index (χ3n) is 3.65. The molecule has 0 atom stereocenters. The van der Waals surface area contributed by atoms with Crippen LogP contribution in [0.2, 0.25) is 0 Å². The van der Waals surface area contributed by atoms with E-state index in [1.807, 2.05) is 0 Å². The highest BCUT2D eigenvalue weighted by atomic mass is 19.2. The van der Waals surface area contributed by atoms with Gasteiger partial charge in [0.1, 0.15) is 5.82 Å². The fourth-order valence-electron chi connectivity index (χ4n) is 2.59. The molecule has 0 spiro atoms. The summed E-state index contributed by atoms with van der Waals surface area (Å²) in [5.41, 5.74) is 2.68. The maximum atomic E-state index is 13.4. The Morgan fingerprint density at radius 2 is 2.00 bits per heavy atom. The van der Waals surface area contributed by atoms with Crippen LogP contribution < -0.4 is 5.32 Å². The molecule has 5 heteroatoms. The highest BCUT2D eigenvalue weighted by molar-refractivity contribution is 5.60. The molecule has 0 fully saturated rings. The maximum Gasteiger partial charge on any atom is 0.161 e. The fraction of sp³-hybridized carbons (Fsp3) is 0.375. The molecular formula is C16H17F2N3. The Balaban J connectivity index is 2.04. The zero-order chi connectivity index (χ0) is 14.8. The molecule has 1 aromatic carbocycles. The lowest BCUT2D eigenvalue weighted by Crippen LogP contribution is -2.08. The molecule has 0 aliphatic heterocycles. The second kappa shape index (κ2) is 5.76. The molecule has 2 aromatic rings. The topological polar surface area (TPSA) is 37.8 Å². The molecule has 1 aromatic heterocycles. The molecule has 3 nitrogen and oxygen atoms in total. The van der Waals surface area contributed by atoms with Crippen molar-refractivity contribution in [1.82, 2.24) is 9.97 Å². The molecule has 0 saturated carbocycles. The number of nitrogens with zero attached hydrogens (tertiary/aromatic N) is 2. The summed E-state index contributed by atoms with van der Waals surface area (Å²) in [5.74, 6) is -0.448. The normalized spacial score (nSPS) is 13.3. The van der Waals surface area contributed by atoms with Crippen LogP contribution in [0.25, 0.3) is 11.4 Å². The Hall–Kier alpha value is -2.04. The lowest BCUT2D eigenvalue weighted by atomic mass is 10.1. The van der Waals surface area contributed by atoms with Crippen LogP contribution in [0.4, 0.5) is 14.6 Å². The number of aromatic nitrogens is 2. The van der Waals surface area contributed by atoms with Crippen LogP contribution in [-0.4, -0.2) is 16.5 Å². The summed E-state index contributed by atoms with van der Waals surface area (Å²) < 4.78 is 26.4. The minimum Gasteiger partial charge on any atom is -0.370 e. The van der Waals surface area contributed by atoms with E-state index in [1.54, 1.807) is 0 Å². The number of hydrogen-bond acceptors (Lipinski definition) is 3. The lowest BCUT2D eigenvalue weighted by Gasteiger charge is -2.11. The van der Waals surface area contributed by atoms with Gasteiger partial charge in [-0.2, -0.15) is 0 Å². The second-order valence-electron chi connectivity index (χ2n) is 5.23. The van der Waals surface area contributed by atoms with Gasteiger partial charge in [0.05, 0.1) is 0 Å². The van der Waals surface area contributed by atoms with Crippen molar-refractivity contribution in [2.45, 2.75) is 32.6 Å². The van der Waals surface area contributed by atoms with E-state index in [-0.39, 0.29) is 0 Å². The van der Waals surface area contributed by atoms with Gasteiger partial charge in [-0.15, -0.1) is 0 Å². The van der Waals surface area contributed by atoms with Crippen molar-refractivity contribution in [2.24, 2.45) is 0 Å². The van der Waals surface area contributed by atoms with Crippen molar-refractivity contribution < 1.29 is 8.78 Å². The van der Waals surface area contributed by atoms with Gasteiger partial charge in [-0.3, -0.25) is 0 Å². The molecule has 110 valence electrons. The van der Waals surface area contributed by atoms with E-state index < -0.39 is 11.6 Å². The van der Waals surface area contributed by atoms with Crippen LogP contribution in [0.3, 0.4) is 0 Å². The quantitative estimate of drug-likeness (QED) is 0.932. The molecule has 1 N–H and O–H groups in total. The summed E-state index contributed by atoms with van der Waals surface area (Å²) in [5, 5.41) is 3.31. The standard InChI is InChI=1S/C16H17F2N3/c1-2-8-19-16-11-4-3-5-14(11)20-15(21-16)10-6-7-12(17)13(18)9-10/h6-7,9H,2-5,8H2,1H3,(H,19,20,21). The summed E-state index contributed by atoms with van der Waals surface area (Å²) in [7, 11) is 0. The summed E-state index contributed by atoms with van der Waals surface area (Å²) in [6.45, 7) is 2.92. The van der Waals surface area contributed by atoms with Gasteiger partial charge < -0.3 is 5.32 Å². The highest BCUT2D eigenvalue weighted by Crippen LogP contribution is 2.29. The van der Waals surface area contributed by atoms with Crippen LogP contribution in [0.5, 0.6) is 0 Å². The van der Waals surface area contributed by atoms with Crippen molar-refractivity contribution in [1.29, 1.82) is 0 Å². The largest absolute Gasteiger partial charge is 0.370 e. The second-order valence-corrected chi connectivity index (χ2v) is 5.23. The van der Waals surface area contributed by atoms with Gasteiger partial charge in [-0.1, -0.05) is 6.92 Å². The van der Waals surface area contributed by atoms with Gasteiger partial charge in [0.2, 0.25) is 0 Å². The average Bonchev–Trinajstić information content (AvgIpc) is 2.96. The molecule has 0 radical (unpaired) electrons. The Bertz CT molecular complexity index is 671. The van der Waals surface area contributed by atoms with Gasteiger partial charge in [0, 0.05) is 23.4 Å². The van der Waals surface area contributed by atoms with Crippen molar-refractivity contribution in [3.63, 3.8) is 0 Å². The Labute approximate surface area is 122 Å². The SMILES string of the molecule is CCCNc1nc(-c2ccc(F)c(F)c2)nc2c1CCC2. The lowest BCUT2D eigenvalue weighted by molar-refractivity contribution is 0.509. The smallest absolute Gasteiger partial charge is 0.161 e. The number of anilines is 1. The van der Waals surface area contributed by atoms with Gasteiger partial charge >= 0.3 is 0 Å². The summed E-state index contributed by atoms with van der Waals surface area (Å²) in [6, 6.07) is 3.77. The molecule has 0 unspecified atom stereocenters. The van der Waals surface area contributed by atoms with Crippen LogP contribution in [0.15, 0.2) is 18.2 Å². The first-order valence-corrected chi connectivity index (χ1v) is 7.28. The van der Waals surface area contributed by atoms with E-state index in [4.69, 9.17) is 0 Å². The summed E-state index contributed by atoms with van der Waals surface area (Å²) >= 11 is 0. The first kappa shape index (κ1) is 13.9. The number of nitrogens with one attached hydrogen (secondary N) is 1. The van der Waals surface area contributed by atoms with Gasteiger partial charge in [0.25, 0.3) is 0 Å². The molecule has 0 bridgehead atoms. The third-order valence-corrected chi connectivity index (χ3v) is 3.65. The van der Waals surface area contributed by atoms with Crippen LogP contribution in [0.1, 0.15) is 31.0 Å².